The first-order chi connectivity index (χ1) is 17.7. The van der Waals surface area contributed by atoms with Gasteiger partial charge in [0.05, 0.1) is 33.9 Å². The maximum atomic E-state index is 13.9. The van der Waals surface area contributed by atoms with E-state index in [2.05, 4.69) is 10.4 Å². The monoisotopic (exact) mass is 516 g/mol. The molecule has 2 aromatic carbocycles. The molecule has 7 nitrogen and oxygen atoms in total. The molecule has 3 heterocycles. The number of aryl methyl sites for hydroxylation is 3. The van der Waals surface area contributed by atoms with Crippen LogP contribution in [0.25, 0.3) is 11.3 Å². The number of carbonyl (C=O) groups excluding carboxylic acids is 3. The minimum Gasteiger partial charge on any atom is -0.346 e. The number of amides is 3. The van der Waals surface area contributed by atoms with Gasteiger partial charge in [0.15, 0.2) is 0 Å². The molecule has 0 aliphatic carbocycles. The lowest BCUT2D eigenvalue weighted by molar-refractivity contribution is 0.0629. The van der Waals surface area contributed by atoms with Gasteiger partial charge >= 0.3 is 0 Å². The third-order valence-electron chi connectivity index (χ3n) is 6.51. The summed E-state index contributed by atoms with van der Waals surface area (Å²) in [6.45, 7) is 3.88. The summed E-state index contributed by atoms with van der Waals surface area (Å²) in [6.07, 6.45) is 2.03. The van der Waals surface area contributed by atoms with Crippen molar-refractivity contribution >= 4 is 29.1 Å². The number of benzene rings is 2. The molecule has 0 saturated heterocycles. The molecule has 1 atom stereocenters. The highest BCUT2D eigenvalue weighted by atomic mass is 32.1. The molecule has 0 radical (unpaired) electrons. The summed E-state index contributed by atoms with van der Waals surface area (Å²) in [5.74, 6) is -1.52. The molecule has 0 unspecified atom stereocenters. The van der Waals surface area contributed by atoms with Crippen LogP contribution < -0.4 is 5.32 Å². The number of nitrogens with zero attached hydrogens (tertiary/aromatic N) is 3. The molecule has 2 aromatic heterocycles. The van der Waals surface area contributed by atoms with Crippen molar-refractivity contribution in [2.24, 2.45) is 7.05 Å². The molecule has 1 N–H and O–H groups in total. The number of hydrogen-bond acceptors (Lipinski definition) is 5. The lowest BCUT2D eigenvalue weighted by Gasteiger charge is -2.24. The molecule has 0 saturated carbocycles. The van der Waals surface area contributed by atoms with E-state index in [9.17, 15) is 18.8 Å². The van der Waals surface area contributed by atoms with Crippen LogP contribution in [0.4, 0.5) is 4.39 Å². The average Bonchev–Trinajstić information content (AvgIpc) is 3.48. The van der Waals surface area contributed by atoms with Crippen LogP contribution in [0.3, 0.4) is 0 Å². The molecule has 4 aromatic rings. The average molecular weight is 517 g/mol. The van der Waals surface area contributed by atoms with Gasteiger partial charge in [0.25, 0.3) is 17.7 Å². The van der Waals surface area contributed by atoms with Crippen molar-refractivity contribution in [3.63, 3.8) is 0 Å². The van der Waals surface area contributed by atoms with Gasteiger partial charge in [-0.25, -0.2) is 4.39 Å². The van der Waals surface area contributed by atoms with E-state index in [4.69, 9.17) is 0 Å². The molecule has 188 valence electrons. The van der Waals surface area contributed by atoms with Crippen molar-refractivity contribution in [3.8, 4) is 11.3 Å². The van der Waals surface area contributed by atoms with Gasteiger partial charge in [-0.2, -0.15) is 5.10 Å². The number of aromatic nitrogens is 2. The quantitative estimate of drug-likeness (QED) is 0.366. The molecular weight excluding hydrogens is 491 g/mol. The molecule has 1 aliphatic heterocycles. The lowest BCUT2D eigenvalue weighted by Crippen LogP contribution is -2.46. The smallest absolute Gasteiger partial charge is 0.261 e. The van der Waals surface area contributed by atoms with E-state index < -0.39 is 23.7 Å². The fraction of sp³-hybridized carbons (Fsp3) is 0.214. The van der Waals surface area contributed by atoms with Gasteiger partial charge in [-0.05, 0) is 61.7 Å². The first-order valence-corrected chi connectivity index (χ1v) is 12.6. The Hall–Kier alpha value is -4.11. The van der Waals surface area contributed by atoms with Crippen molar-refractivity contribution in [1.29, 1.82) is 0 Å². The van der Waals surface area contributed by atoms with Crippen molar-refractivity contribution in [3.05, 3.63) is 98.6 Å². The highest BCUT2D eigenvalue weighted by Crippen LogP contribution is 2.33. The van der Waals surface area contributed by atoms with Crippen molar-refractivity contribution in [1.82, 2.24) is 20.0 Å². The standard InChI is InChI=1S/C28H25FN4O3S/c1-16-14-30-32(3)25(16)23-13-24(37-17(23)2)26(34)31-20(12-18-7-6-8-19(29)11-18)15-33-27(35)21-9-4-5-10-22(21)28(33)36/h4-11,13-14,20H,12,15H2,1-3H3,(H,31,34)/t20-/m0/s1. The summed E-state index contributed by atoms with van der Waals surface area (Å²) in [6, 6.07) is 13.9. The Bertz CT molecular complexity index is 1490. The van der Waals surface area contributed by atoms with Gasteiger partial charge in [-0.3, -0.25) is 24.0 Å². The largest absolute Gasteiger partial charge is 0.346 e. The normalized spacial score (nSPS) is 13.7. The Morgan fingerprint density at radius 3 is 2.35 bits per heavy atom. The Kier molecular flexibility index (Phi) is 6.47. The first kappa shape index (κ1) is 24.6. The molecule has 3 amide bonds. The molecule has 0 fully saturated rings. The molecule has 37 heavy (non-hydrogen) atoms. The molecule has 5 rings (SSSR count). The van der Waals surface area contributed by atoms with Crippen LogP contribution in [-0.4, -0.2) is 45.0 Å². The van der Waals surface area contributed by atoms with Crippen molar-refractivity contribution in [2.75, 3.05) is 6.54 Å². The van der Waals surface area contributed by atoms with Gasteiger partial charge in [0.1, 0.15) is 5.82 Å². The second-order valence-electron chi connectivity index (χ2n) is 9.15. The molecular formula is C28H25FN4O3S. The van der Waals surface area contributed by atoms with Crippen LogP contribution in [-0.2, 0) is 13.5 Å². The zero-order valence-corrected chi connectivity index (χ0v) is 21.4. The van der Waals surface area contributed by atoms with E-state index in [1.165, 1.54) is 23.5 Å². The van der Waals surface area contributed by atoms with E-state index in [-0.39, 0.29) is 18.9 Å². The van der Waals surface area contributed by atoms with E-state index in [1.54, 1.807) is 47.3 Å². The number of thiophene rings is 1. The van der Waals surface area contributed by atoms with Crippen LogP contribution >= 0.6 is 11.3 Å². The van der Waals surface area contributed by atoms with E-state index in [0.29, 0.717) is 21.6 Å². The maximum Gasteiger partial charge on any atom is 0.261 e. The van der Waals surface area contributed by atoms with Gasteiger partial charge < -0.3 is 5.32 Å². The van der Waals surface area contributed by atoms with Crippen molar-refractivity contribution < 1.29 is 18.8 Å². The highest BCUT2D eigenvalue weighted by Gasteiger charge is 2.36. The molecule has 9 heteroatoms. The minimum atomic E-state index is -0.624. The van der Waals surface area contributed by atoms with Crippen molar-refractivity contribution in [2.45, 2.75) is 26.3 Å². The zero-order chi connectivity index (χ0) is 26.3. The Labute approximate surface area is 217 Å². The lowest BCUT2D eigenvalue weighted by atomic mass is 10.0. The van der Waals surface area contributed by atoms with Gasteiger partial charge in [0, 0.05) is 24.0 Å². The summed E-state index contributed by atoms with van der Waals surface area (Å²) in [5, 5.41) is 7.29. The number of carbonyl (C=O) groups is 3. The second-order valence-corrected chi connectivity index (χ2v) is 10.4. The van der Waals surface area contributed by atoms with Gasteiger partial charge in [-0.1, -0.05) is 24.3 Å². The first-order valence-electron chi connectivity index (χ1n) is 11.8. The van der Waals surface area contributed by atoms with Crippen LogP contribution in [0.15, 0.2) is 60.8 Å². The summed E-state index contributed by atoms with van der Waals surface area (Å²) >= 11 is 1.36. The van der Waals surface area contributed by atoms with Crippen LogP contribution in [0, 0.1) is 19.7 Å². The van der Waals surface area contributed by atoms with E-state index in [0.717, 1.165) is 26.6 Å². The molecule has 1 aliphatic rings. The van der Waals surface area contributed by atoms with Crippen LogP contribution in [0.2, 0.25) is 0 Å². The number of imide groups is 1. The Morgan fingerprint density at radius 1 is 1.03 bits per heavy atom. The SMILES string of the molecule is Cc1cnn(C)c1-c1cc(C(=O)N[C@@H](Cc2cccc(F)c2)CN2C(=O)c3ccccc3C2=O)sc1C. The highest BCUT2D eigenvalue weighted by molar-refractivity contribution is 7.14. The third kappa shape index (κ3) is 4.70. The second kappa shape index (κ2) is 9.74. The maximum absolute atomic E-state index is 13.9. The topological polar surface area (TPSA) is 84.3 Å². The van der Waals surface area contributed by atoms with Gasteiger partial charge in [-0.15, -0.1) is 11.3 Å². The number of rotatable bonds is 7. The van der Waals surface area contributed by atoms with Gasteiger partial charge in [0.2, 0.25) is 0 Å². The Morgan fingerprint density at radius 2 is 1.73 bits per heavy atom. The summed E-state index contributed by atoms with van der Waals surface area (Å²) < 4.78 is 15.7. The number of nitrogens with one attached hydrogen (secondary N) is 1. The van der Waals surface area contributed by atoms with Crippen LogP contribution in [0.5, 0.6) is 0 Å². The summed E-state index contributed by atoms with van der Waals surface area (Å²) in [5.41, 5.74) is 4.20. The summed E-state index contributed by atoms with van der Waals surface area (Å²) in [7, 11) is 1.86. The fourth-order valence-electron chi connectivity index (χ4n) is 4.75. The van der Waals surface area contributed by atoms with E-state index in [1.807, 2.05) is 27.0 Å². The molecule has 0 spiro atoms. The molecule has 0 bridgehead atoms. The predicted octanol–water partition coefficient (Wildman–Crippen LogP) is 4.54. The summed E-state index contributed by atoms with van der Waals surface area (Å²) in [4.78, 5) is 42.0. The van der Waals surface area contributed by atoms with E-state index >= 15 is 0 Å². The number of fused-ring (bicyclic) bond motifs is 1. The fourth-order valence-corrected chi connectivity index (χ4v) is 5.68. The van der Waals surface area contributed by atoms with Crippen LogP contribution in [0.1, 0.15) is 46.4 Å². The number of halogens is 1. The zero-order valence-electron chi connectivity index (χ0n) is 20.6. The third-order valence-corrected chi connectivity index (χ3v) is 7.56. The number of hydrogen-bond donors (Lipinski definition) is 1. The minimum absolute atomic E-state index is 0.0351. The Balaban J connectivity index is 1.42. The predicted molar refractivity (Wildman–Crippen MR) is 139 cm³/mol.